The van der Waals surface area contributed by atoms with Gasteiger partial charge >= 0.3 is 0 Å². The van der Waals surface area contributed by atoms with Crippen LogP contribution in [0.1, 0.15) is 58.3 Å². The lowest BCUT2D eigenvalue weighted by molar-refractivity contribution is -0.139. The minimum Gasteiger partial charge on any atom is -0.392 e. The van der Waals surface area contributed by atoms with E-state index in [1.165, 1.54) is 6.42 Å². The fraction of sp³-hybridized carbons (Fsp3) is 0.947. The Bertz CT molecular complexity index is 561. The summed E-state index contributed by atoms with van der Waals surface area (Å²) in [5.74, 6) is 2.28. The van der Waals surface area contributed by atoms with Crippen LogP contribution in [0.15, 0.2) is 0 Å². The van der Waals surface area contributed by atoms with Gasteiger partial charge in [0.1, 0.15) is 5.78 Å². The molecule has 2 bridgehead atoms. The molecule has 23 heavy (non-hydrogen) atoms. The number of fused-ring (bicyclic) bond motifs is 3. The Morgan fingerprint density at radius 3 is 2.87 bits per heavy atom. The number of carbonyl (C=O) groups excluding carboxylic acids is 1. The molecule has 0 radical (unpaired) electrons. The summed E-state index contributed by atoms with van der Waals surface area (Å²) in [7, 11) is 0. The molecule has 1 aliphatic heterocycles. The van der Waals surface area contributed by atoms with Crippen LogP contribution in [0.5, 0.6) is 0 Å². The van der Waals surface area contributed by atoms with Crippen LogP contribution in [0.25, 0.3) is 0 Å². The second kappa shape index (κ2) is 4.62. The van der Waals surface area contributed by atoms with E-state index in [0.717, 1.165) is 51.6 Å². The summed E-state index contributed by atoms with van der Waals surface area (Å²) in [6.07, 6.45) is 8.08. The Labute approximate surface area is 146 Å². The maximum Gasteiger partial charge on any atom is 0.139 e. The van der Waals surface area contributed by atoms with Crippen LogP contribution in [0.4, 0.5) is 0 Å². The van der Waals surface area contributed by atoms with Gasteiger partial charge in [0.05, 0.1) is 23.1 Å². The van der Waals surface area contributed by atoms with Gasteiger partial charge in [-0.2, -0.15) is 0 Å². The lowest BCUT2D eigenvalue weighted by Crippen LogP contribution is -2.66. The lowest BCUT2D eigenvalue weighted by Gasteiger charge is -2.62. The van der Waals surface area contributed by atoms with Crippen molar-refractivity contribution < 1.29 is 14.6 Å². The average Bonchev–Trinajstić information content (AvgIpc) is 2.92. The van der Waals surface area contributed by atoms with Gasteiger partial charge in [-0.3, -0.25) is 4.79 Å². The molecule has 4 heteroatoms. The standard InChI is InChI=1S/C19H27BrO3/c1-17-8-6-13-11(12(17)4-5-14(17)21)9-16-19(20)15(22)3-2-7-18(13,19)10-23-16/h11-13,15-16,22H,2-10H2,1H3/t11-,12-,13-,15-,16+,17-,18-,19-/m0/s1. The maximum atomic E-state index is 12.5. The van der Waals surface area contributed by atoms with Gasteiger partial charge in [0.2, 0.25) is 0 Å². The number of ether oxygens (including phenoxy) is 1. The SMILES string of the molecule is C[C@]12CC[C@H]3[C@@H](C[C@H]4OC[C@@]35CCC[C@H](O)[C@]45Br)[C@@H]1CCC2=O. The predicted molar refractivity (Wildman–Crippen MR) is 90.4 cm³/mol. The molecule has 128 valence electrons. The third kappa shape index (κ3) is 1.58. The number of aliphatic hydroxyl groups is 1. The van der Waals surface area contributed by atoms with Gasteiger partial charge in [0.15, 0.2) is 0 Å². The Balaban J connectivity index is 1.59. The third-order valence-electron chi connectivity index (χ3n) is 8.70. The number of alkyl halides is 1. The van der Waals surface area contributed by atoms with Crippen LogP contribution in [-0.2, 0) is 9.53 Å². The second-order valence-electron chi connectivity index (χ2n) is 9.16. The quantitative estimate of drug-likeness (QED) is 0.652. The van der Waals surface area contributed by atoms with Gasteiger partial charge in [-0.15, -0.1) is 0 Å². The van der Waals surface area contributed by atoms with Gasteiger partial charge in [0.25, 0.3) is 0 Å². The Morgan fingerprint density at radius 1 is 1.22 bits per heavy atom. The van der Waals surface area contributed by atoms with Crippen molar-refractivity contribution >= 4 is 21.7 Å². The zero-order valence-electron chi connectivity index (χ0n) is 13.9. The fourth-order valence-electron chi connectivity index (χ4n) is 7.57. The van der Waals surface area contributed by atoms with Crippen LogP contribution in [0, 0.1) is 28.6 Å². The van der Waals surface area contributed by atoms with E-state index in [4.69, 9.17) is 4.74 Å². The highest BCUT2D eigenvalue weighted by Crippen LogP contribution is 2.71. The van der Waals surface area contributed by atoms with E-state index in [1.54, 1.807) is 0 Å². The van der Waals surface area contributed by atoms with Crippen molar-refractivity contribution in [2.24, 2.45) is 28.6 Å². The number of carbonyl (C=O) groups is 1. The minimum atomic E-state index is -0.289. The average molecular weight is 383 g/mol. The molecular formula is C19H27BrO3. The molecule has 0 unspecified atom stereocenters. The van der Waals surface area contributed by atoms with Crippen LogP contribution in [0.3, 0.4) is 0 Å². The predicted octanol–water partition coefficient (Wildman–Crippen LogP) is 3.47. The largest absolute Gasteiger partial charge is 0.392 e. The normalized spacial score (nSPS) is 61.0. The van der Waals surface area contributed by atoms with Crippen molar-refractivity contribution in [3.8, 4) is 0 Å². The molecule has 0 aromatic carbocycles. The van der Waals surface area contributed by atoms with E-state index in [2.05, 4.69) is 22.9 Å². The molecule has 1 heterocycles. The van der Waals surface area contributed by atoms with Crippen molar-refractivity contribution in [2.45, 2.75) is 74.8 Å². The number of hydrogen-bond donors (Lipinski definition) is 1. The first-order valence-electron chi connectivity index (χ1n) is 9.45. The van der Waals surface area contributed by atoms with Crippen molar-refractivity contribution in [1.82, 2.24) is 0 Å². The molecule has 5 fully saturated rings. The van der Waals surface area contributed by atoms with E-state index in [-0.39, 0.29) is 27.4 Å². The smallest absolute Gasteiger partial charge is 0.139 e. The third-order valence-corrected chi connectivity index (χ3v) is 10.5. The van der Waals surface area contributed by atoms with Crippen LogP contribution in [-0.4, -0.2) is 34.0 Å². The number of aliphatic hydroxyl groups excluding tert-OH is 1. The van der Waals surface area contributed by atoms with Gasteiger partial charge in [-0.25, -0.2) is 0 Å². The maximum absolute atomic E-state index is 12.5. The first-order valence-corrected chi connectivity index (χ1v) is 10.2. The van der Waals surface area contributed by atoms with Gasteiger partial charge < -0.3 is 9.84 Å². The fourth-order valence-corrected chi connectivity index (χ4v) is 8.72. The van der Waals surface area contributed by atoms with Crippen molar-refractivity contribution in [1.29, 1.82) is 0 Å². The summed E-state index contributed by atoms with van der Waals surface area (Å²) >= 11 is 4.04. The summed E-state index contributed by atoms with van der Waals surface area (Å²) in [5.41, 5.74) is 0.0159. The minimum absolute atomic E-state index is 0.0726. The second-order valence-corrected chi connectivity index (χ2v) is 10.5. The molecule has 4 aliphatic carbocycles. The van der Waals surface area contributed by atoms with Gasteiger partial charge in [0, 0.05) is 17.3 Å². The molecule has 3 nitrogen and oxygen atoms in total. The molecule has 0 aromatic rings. The highest BCUT2D eigenvalue weighted by atomic mass is 79.9. The molecule has 0 amide bonds. The molecule has 0 spiro atoms. The monoisotopic (exact) mass is 382 g/mol. The van der Waals surface area contributed by atoms with E-state index >= 15 is 0 Å². The molecule has 0 aromatic heterocycles. The van der Waals surface area contributed by atoms with Crippen molar-refractivity contribution in [3.63, 3.8) is 0 Å². The van der Waals surface area contributed by atoms with E-state index in [1.807, 2.05) is 0 Å². The molecule has 8 atom stereocenters. The summed E-state index contributed by atoms with van der Waals surface area (Å²) in [5, 5.41) is 10.8. The molecule has 4 saturated carbocycles. The van der Waals surface area contributed by atoms with Crippen molar-refractivity contribution in [2.75, 3.05) is 6.61 Å². The molecule has 5 rings (SSSR count). The highest BCUT2D eigenvalue weighted by molar-refractivity contribution is 9.10. The first-order chi connectivity index (χ1) is 10.9. The molecule has 5 aliphatic rings. The van der Waals surface area contributed by atoms with Gasteiger partial charge in [-0.05, 0) is 56.3 Å². The van der Waals surface area contributed by atoms with Gasteiger partial charge in [-0.1, -0.05) is 29.3 Å². The summed E-state index contributed by atoms with van der Waals surface area (Å²) in [6.45, 7) is 3.04. The Kier molecular flexibility index (Phi) is 3.08. The van der Waals surface area contributed by atoms with Crippen LogP contribution < -0.4 is 0 Å². The lowest BCUT2D eigenvalue weighted by atomic mass is 9.45. The highest BCUT2D eigenvalue weighted by Gasteiger charge is 2.73. The summed E-state index contributed by atoms with van der Waals surface area (Å²) < 4.78 is 6.06. The Morgan fingerprint density at radius 2 is 2.04 bits per heavy atom. The van der Waals surface area contributed by atoms with E-state index in [0.29, 0.717) is 23.5 Å². The Hall–Kier alpha value is 0.0700. The van der Waals surface area contributed by atoms with E-state index < -0.39 is 0 Å². The van der Waals surface area contributed by atoms with E-state index in [9.17, 15) is 9.90 Å². The number of hydrogen-bond acceptors (Lipinski definition) is 3. The number of rotatable bonds is 0. The topological polar surface area (TPSA) is 46.5 Å². The zero-order chi connectivity index (χ0) is 16.0. The summed E-state index contributed by atoms with van der Waals surface area (Å²) in [4.78, 5) is 12.5. The summed E-state index contributed by atoms with van der Waals surface area (Å²) in [6, 6.07) is 0. The molecular weight excluding hydrogens is 356 g/mol. The number of halogens is 1. The zero-order valence-corrected chi connectivity index (χ0v) is 15.5. The molecule has 1 N–H and O–H groups in total. The first kappa shape index (κ1) is 15.3. The molecule has 1 saturated heterocycles. The van der Waals surface area contributed by atoms with Crippen LogP contribution >= 0.6 is 15.9 Å². The van der Waals surface area contributed by atoms with Crippen molar-refractivity contribution in [3.05, 3.63) is 0 Å². The number of ketones is 1. The van der Waals surface area contributed by atoms with Crippen LogP contribution in [0.2, 0.25) is 0 Å². The number of Topliss-reactive ketones (excluding diaryl/α,β-unsaturated/α-hetero) is 1.